The van der Waals surface area contributed by atoms with Gasteiger partial charge in [-0.1, -0.05) is 356 Å². The van der Waals surface area contributed by atoms with Crippen molar-refractivity contribution in [2.24, 2.45) is 0 Å². The van der Waals surface area contributed by atoms with Crippen molar-refractivity contribution in [2.75, 3.05) is 106 Å². The van der Waals surface area contributed by atoms with Crippen LogP contribution in [0.3, 0.4) is 0 Å². The van der Waals surface area contributed by atoms with Crippen LogP contribution in [0.2, 0.25) is 0 Å². The van der Waals surface area contributed by atoms with Crippen LogP contribution < -0.4 is 40.9 Å². The fraction of sp³-hybridized carbons (Fsp3) is 0.500. The van der Waals surface area contributed by atoms with Crippen LogP contribution in [0, 0.1) is 118 Å². The fourth-order valence-electron chi connectivity index (χ4n) is 18.3. The molecule has 138 heavy (non-hydrogen) atoms. The van der Waals surface area contributed by atoms with Gasteiger partial charge in [0, 0.05) is 23.7 Å². The van der Waals surface area contributed by atoms with E-state index in [1.54, 1.807) is 0 Å². The minimum Gasteiger partial charge on any atom is -0.872 e. The van der Waals surface area contributed by atoms with Crippen molar-refractivity contribution in [3.05, 3.63) is 301 Å². The normalized spacial score (nSPS) is 14.6. The summed E-state index contributed by atoms with van der Waals surface area (Å²) in [7, 11) is 0. The number of hydrogen-bond donors (Lipinski definition) is 0. The molecule has 18 heteroatoms. The molecule has 4 aliphatic rings. The minimum atomic E-state index is -0.707. The Balaban J connectivity index is 0.000000296. The summed E-state index contributed by atoms with van der Waals surface area (Å²) in [4.78, 5) is 0. The number of benzene rings is 10. The summed E-state index contributed by atoms with van der Waals surface area (Å²) < 4.78 is 39.6. The van der Waals surface area contributed by atoms with E-state index < -0.39 is 67.0 Å². The molecule has 740 valence electrons. The average molecular weight is 2330 g/mol. The molecule has 10 aromatic carbocycles. The van der Waals surface area contributed by atoms with Crippen molar-refractivity contribution in [3.8, 4) is 46.0 Å². The molecular weight excluding hydrogens is 2170 g/mol. The SMILES string of the molecule is C1COCCO1.C1COCCO1.C1COCCO1.C1COCCO1.Cc1cc(C(c2cccc(C(c3cc(C)cc(C(C)(C)C)c3[O-])c3cc(C)cc(C(C)(C)C)c3[O-])c2)c2cc(C)cc(C(C)(C)C)c2[O-])c([O-])c(C(C)(C)C)c1.Cc1cc(C(c2cccc(C(c3cc(C)cc(C(C)(C)C)c3[O-])c3cc(C)cc(C(C)(C)C)c3[O-])c2)c2cc(C)cc(C(C)(C)C)c2[O-])c([O-])c(C(C)(C)C)c1.[U+4].[U+4]. The van der Waals surface area contributed by atoms with Crippen LogP contribution in [-0.2, 0) is 81.2 Å². The first kappa shape index (κ1) is 117. The third-order valence-corrected chi connectivity index (χ3v) is 25.2. The van der Waals surface area contributed by atoms with Gasteiger partial charge in [0.15, 0.2) is 0 Å². The van der Waals surface area contributed by atoms with Crippen LogP contribution >= 0.6 is 0 Å². The molecule has 0 atom stereocenters. The van der Waals surface area contributed by atoms with Gasteiger partial charge in [-0.2, -0.15) is 0 Å². The summed E-state index contributed by atoms with van der Waals surface area (Å²) in [5.41, 5.74) is 16.9. The summed E-state index contributed by atoms with van der Waals surface area (Å²) >= 11 is 0. The third-order valence-electron chi connectivity index (χ3n) is 25.2. The Morgan fingerprint density at radius 1 is 0.174 bits per heavy atom. The maximum absolute atomic E-state index is 14.7. The molecule has 4 heterocycles. The Labute approximate surface area is 875 Å². The first-order valence-electron chi connectivity index (χ1n) is 48.6. The molecule has 0 aliphatic carbocycles. The number of hydrogen-bond acceptors (Lipinski definition) is 16. The average Bonchev–Trinajstić information content (AvgIpc) is 0.689. The zero-order valence-corrected chi connectivity index (χ0v) is 97.3. The van der Waals surface area contributed by atoms with Gasteiger partial charge in [-0.3, -0.25) is 0 Å². The molecule has 0 saturated carbocycles. The molecule has 0 bridgehead atoms. The van der Waals surface area contributed by atoms with Gasteiger partial charge in [-0.15, -0.1) is 46.0 Å². The summed E-state index contributed by atoms with van der Waals surface area (Å²) in [5, 5.41) is 118. The first-order chi connectivity index (χ1) is 63.2. The molecule has 0 radical (unpaired) electrons. The molecular formula is C120H156O16U2. The van der Waals surface area contributed by atoms with Gasteiger partial charge < -0.3 is 78.7 Å². The predicted octanol–water partition coefficient (Wildman–Crippen LogP) is 21.7. The van der Waals surface area contributed by atoms with Crippen molar-refractivity contribution in [1.82, 2.24) is 0 Å². The number of rotatable bonds is 12. The fourth-order valence-corrected chi connectivity index (χ4v) is 18.3. The van der Waals surface area contributed by atoms with Gasteiger partial charge in [0.2, 0.25) is 0 Å². The van der Waals surface area contributed by atoms with Crippen LogP contribution in [0.1, 0.15) is 346 Å². The summed E-state index contributed by atoms with van der Waals surface area (Å²) in [5.74, 6) is -3.50. The second-order valence-corrected chi connectivity index (χ2v) is 45.8. The smallest absolute Gasteiger partial charge is 0.872 e. The summed E-state index contributed by atoms with van der Waals surface area (Å²) in [6.45, 7) is 77.4. The molecule has 0 unspecified atom stereocenters. The topological polar surface area (TPSA) is 258 Å². The Morgan fingerprint density at radius 3 is 0.362 bits per heavy atom. The summed E-state index contributed by atoms with van der Waals surface area (Å²) in [6.07, 6.45) is 0. The molecule has 4 saturated heterocycles. The van der Waals surface area contributed by atoms with Crippen LogP contribution in [0.15, 0.2) is 146 Å². The van der Waals surface area contributed by atoms with Gasteiger partial charge in [0.05, 0.1) is 106 Å². The van der Waals surface area contributed by atoms with E-state index in [-0.39, 0.29) is 108 Å². The van der Waals surface area contributed by atoms with E-state index in [1.807, 2.05) is 367 Å². The van der Waals surface area contributed by atoms with Crippen LogP contribution in [0.4, 0.5) is 0 Å². The standard InChI is InChI=1S/2C52H66O4.4C4H8O2.2U/c2*1-29-20-35(45(53)39(24-29)49(5,6)7)43(36-21-30(2)25-40(46(36)54)50(8,9)10)33-18-17-19-34(28-33)44(37-22-31(3)26-41(47(37)55)51(11,12)13)38-23-32(4)27-42(48(38)56)52(14,15)16;4*1-2-6-4-3-5-1;;/h2*17-28,43-44,53-56H,1-16H3;4*1-4H2;;/q;;;;;;2*+4/p-8. The zero-order chi connectivity index (χ0) is 101. The van der Waals surface area contributed by atoms with Crippen molar-refractivity contribution in [2.45, 2.75) is 289 Å². The van der Waals surface area contributed by atoms with Gasteiger partial charge in [-0.25, -0.2) is 0 Å². The van der Waals surface area contributed by atoms with E-state index in [2.05, 4.69) is 0 Å². The van der Waals surface area contributed by atoms with Crippen molar-refractivity contribution in [1.29, 1.82) is 0 Å². The van der Waals surface area contributed by atoms with Gasteiger partial charge >= 0.3 is 62.2 Å². The third kappa shape index (κ3) is 30.7. The van der Waals surface area contributed by atoms with Gasteiger partial charge in [-0.05, 0) is 210 Å². The Hall–Kier alpha value is -7.62. The quantitative estimate of drug-likeness (QED) is 0.103. The Morgan fingerprint density at radius 2 is 0.275 bits per heavy atom. The zero-order valence-electron chi connectivity index (χ0n) is 89.0. The van der Waals surface area contributed by atoms with Crippen molar-refractivity contribution < 1.29 is 141 Å². The first-order valence-corrected chi connectivity index (χ1v) is 48.6. The van der Waals surface area contributed by atoms with E-state index >= 15 is 0 Å². The van der Waals surface area contributed by atoms with E-state index in [4.69, 9.17) is 37.9 Å². The number of ether oxygens (including phenoxy) is 8. The second kappa shape index (κ2) is 49.1. The van der Waals surface area contributed by atoms with E-state index in [0.29, 0.717) is 89.0 Å². The van der Waals surface area contributed by atoms with Crippen molar-refractivity contribution >= 4 is 0 Å². The maximum Gasteiger partial charge on any atom is 4.00 e. The number of aryl methyl sites for hydroxylation is 8. The maximum atomic E-state index is 14.7. The molecule has 4 aliphatic heterocycles. The van der Waals surface area contributed by atoms with Crippen molar-refractivity contribution in [3.63, 3.8) is 0 Å². The Kier molecular flexibility index (Phi) is 41.8. The molecule has 0 N–H and O–H groups in total. The van der Waals surface area contributed by atoms with Crippen LogP contribution in [0.5, 0.6) is 46.0 Å². The molecule has 0 aromatic heterocycles. The molecule has 0 spiro atoms. The van der Waals surface area contributed by atoms with E-state index in [1.165, 1.54) is 0 Å². The van der Waals surface area contributed by atoms with E-state index in [9.17, 15) is 40.9 Å². The molecule has 4 fully saturated rings. The largest absolute Gasteiger partial charge is 4.00 e. The minimum absolute atomic E-state index is 0. The molecule has 10 aromatic rings. The van der Waals surface area contributed by atoms with Gasteiger partial charge in [0.25, 0.3) is 0 Å². The molecule has 0 amide bonds. The molecule has 16 nitrogen and oxygen atoms in total. The molecule has 14 rings (SSSR count). The second-order valence-electron chi connectivity index (χ2n) is 45.8. The predicted molar refractivity (Wildman–Crippen MR) is 538 cm³/mol. The Bertz CT molecular complexity index is 4700. The van der Waals surface area contributed by atoms with Crippen LogP contribution in [-0.4, -0.2) is 106 Å². The van der Waals surface area contributed by atoms with E-state index in [0.717, 1.165) is 172 Å². The van der Waals surface area contributed by atoms with Gasteiger partial charge in [0.1, 0.15) is 0 Å². The monoisotopic (exact) mass is 2330 g/mol. The van der Waals surface area contributed by atoms with Crippen LogP contribution in [0.25, 0.3) is 0 Å². The summed E-state index contributed by atoms with van der Waals surface area (Å²) in [6, 6.07) is 47.0.